The molecule has 78 valence electrons. The van der Waals surface area contributed by atoms with E-state index >= 15 is 0 Å². The first kappa shape index (κ1) is 11.5. The Balaban J connectivity index is 2.70. The minimum Gasteiger partial charge on any atom is -0.322 e. The molecular formula is C8H8BrF3N2. The molecule has 1 aromatic heterocycles. The number of rotatable bonds is 2. The summed E-state index contributed by atoms with van der Waals surface area (Å²) in [6.45, 7) is 0. The van der Waals surface area contributed by atoms with Gasteiger partial charge in [-0.25, -0.2) is 0 Å². The van der Waals surface area contributed by atoms with Crippen LogP contribution in [0.3, 0.4) is 0 Å². The Bertz CT molecular complexity index is 296. The summed E-state index contributed by atoms with van der Waals surface area (Å²) in [7, 11) is 0. The van der Waals surface area contributed by atoms with Crippen LogP contribution in [0.15, 0.2) is 22.8 Å². The molecule has 0 aliphatic carbocycles. The second-order valence-corrected chi connectivity index (χ2v) is 3.74. The van der Waals surface area contributed by atoms with E-state index in [9.17, 15) is 13.2 Å². The van der Waals surface area contributed by atoms with Gasteiger partial charge in [-0.15, -0.1) is 0 Å². The maximum atomic E-state index is 12.0. The van der Waals surface area contributed by atoms with Gasteiger partial charge in [0.1, 0.15) is 0 Å². The standard InChI is InChI=1S/C8H8BrF3N2/c9-5-1-2-7(14-4-5)6(13)3-8(10,11)12/h1-2,4,6H,3,13H2/t6-/m0/s1. The maximum absolute atomic E-state index is 12.0. The van der Waals surface area contributed by atoms with Crippen LogP contribution >= 0.6 is 15.9 Å². The summed E-state index contributed by atoms with van der Waals surface area (Å²) in [5.41, 5.74) is 5.57. The van der Waals surface area contributed by atoms with Gasteiger partial charge < -0.3 is 5.73 Å². The number of pyridine rings is 1. The number of nitrogens with two attached hydrogens (primary N) is 1. The summed E-state index contributed by atoms with van der Waals surface area (Å²) in [6.07, 6.45) is -3.89. The zero-order chi connectivity index (χ0) is 10.8. The van der Waals surface area contributed by atoms with Crippen molar-refractivity contribution >= 4 is 15.9 Å². The zero-order valence-electron chi connectivity index (χ0n) is 7.05. The third-order valence-electron chi connectivity index (χ3n) is 1.58. The lowest BCUT2D eigenvalue weighted by Gasteiger charge is -2.13. The van der Waals surface area contributed by atoms with E-state index in [1.807, 2.05) is 0 Å². The molecule has 0 fully saturated rings. The van der Waals surface area contributed by atoms with Gasteiger partial charge >= 0.3 is 6.18 Å². The van der Waals surface area contributed by atoms with E-state index in [2.05, 4.69) is 20.9 Å². The molecule has 0 unspecified atom stereocenters. The van der Waals surface area contributed by atoms with E-state index in [0.29, 0.717) is 4.47 Å². The molecule has 2 nitrogen and oxygen atoms in total. The molecule has 0 saturated carbocycles. The van der Waals surface area contributed by atoms with Crippen molar-refractivity contribution in [2.24, 2.45) is 5.73 Å². The van der Waals surface area contributed by atoms with Crippen LogP contribution in [0.1, 0.15) is 18.2 Å². The van der Waals surface area contributed by atoms with E-state index in [1.54, 1.807) is 6.07 Å². The second-order valence-electron chi connectivity index (χ2n) is 2.83. The van der Waals surface area contributed by atoms with Gasteiger partial charge in [-0.05, 0) is 28.1 Å². The summed E-state index contributed by atoms with van der Waals surface area (Å²) < 4.78 is 36.6. The van der Waals surface area contributed by atoms with Crippen molar-refractivity contribution < 1.29 is 13.2 Å². The third kappa shape index (κ3) is 3.63. The topological polar surface area (TPSA) is 38.9 Å². The third-order valence-corrected chi connectivity index (χ3v) is 2.05. The average Bonchev–Trinajstić information content (AvgIpc) is 2.02. The Morgan fingerprint density at radius 1 is 1.43 bits per heavy atom. The van der Waals surface area contributed by atoms with Crippen LogP contribution in [0, 0.1) is 0 Å². The van der Waals surface area contributed by atoms with Gasteiger partial charge in [0.15, 0.2) is 0 Å². The summed E-state index contributed by atoms with van der Waals surface area (Å²) in [5, 5.41) is 0. The fraction of sp³-hybridized carbons (Fsp3) is 0.375. The quantitative estimate of drug-likeness (QED) is 0.896. The molecule has 0 saturated heterocycles. The Kier molecular flexibility index (Phi) is 3.49. The van der Waals surface area contributed by atoms with Crippen LogP contribution in [-0.2, 0) is 0 Å². The fourth-order valence-electron chi connectivity index (χ4n) is 0.961. The molecule has 0 spiro atoms. The Hall–Kier alpha value is -0.620. The highest BCUT2D eigenvalue weighted by atomic mass is 79.9. The molecule has 1 atom stereocenters. The van der Waals surface area contributed by atoms with Gasteiger partial charge in [0, 0.05) is 10.7 Å². The van der Waals surface area contributed by atoms with Crippen molar-refractivity contribution in [1.29, 1.82) is 0 Å². The Morgan fingerprint density at radius 3 is 2.50 bits per heavy atom. The fourth-order valence-corrected chi connectivity index (χ4v) is 1.20. The summed E-state index contributed by atoms with van der Waals surface area (Å²) >= 11 is 3.13. The lowest BCUT2D eigenvalue weighted by molar-refractivity contribution is -0.138. The normalized spacial score (nSPS) is 14.1. The first-order valence-electron chi connectivity index (χ1n) is 3.82. The SMILES string of the molecule is N[C@@H](CC(F)(F)F)c1ccc(Br)cn1. The number of halogens is 4. The highest BCUT2D eigenvalue weighted by Gasteiger charge is 2.31. The predicted octanol–water partition coefficient (Wildman–Crippen LogP) is 2.80. The van der Waals surface area contributed by atoms with Gasteiger partial charge in [0.05, 0.1) is 18.2 Å². The van der Waals surface area contributed by atoms with E-state index in [4.69, 9.17) is 5.73 Å². The monoisotopic (exact) mass is 268 g/mol. The van der Waals surface area contributed by atoms with Gasteiger partial charge in [0.2, 0.25) is 0 Å². The molecule has 0 aliphatic heterocycles. The number of hydrogen-bond acceptors (Lipinski definition) is 2. The molecule has 0 bridgehead atoms. The van der Waals surface area contributed by atoms with Crippen molar-refractivity contribution in [1.82, 2.24) is 4.98 Å². The minimum atomic E-state index is -4.26. The number of nitrogens with zero attached hydrogens (tertiary/aromatic N) is 1. The average molecular weight is 269 g/mol. The summed E-state index contributed by atoms with van der Waals surface area (Å²) in [5.74, 6) is 0. The first-order chi connectivity index (χ1) is 6.38. The van der Waals surface area contributed by atoms with Crippen molar-refractivity contribution in [3.8, 4) is 0 Å². The lowest BCUT2D eigenvalue weighted by atomic mass is 10.1. The number of alkyl halides is 3. The molecule has 0 amide bonds. The van der Waals surface area contributed by atoms with Crippen LogP contribution in [0.4, 0.5) is 13.2 Å². The van der Waals surface area contributed by atoms with Gasteiger partial charge in [0.25, 0.3) is 0 Å². The van der Waals surface area contributed by atoms with Gasteiger partial charge in [-0.1, -0.05) is 0 Å². The molecule has 0 aliphatic rings. The van der Waals surface area contributed by atoms with E-state index in [0.717, 1.165) is 0 Å². The molecule has 14 heavy (non-hydrogen) atoms. The number of hydrogen-bond donors (Lipinski definition) is 1. The first-order valence-corrected chi connectivity index (χ1v) is 4.61. The van der Waals surface area contributed by atoms with Crippen molar-refractivity contribution in [3.05, 3.63) is 28.5 Å². The van der Waals surface area contributed by atoms with Crippen LogP contribution in [0.25, 0.3) is 0 Å². The van der Waals surface area contributed by atoms with E-state index in [1.165, 1.54) is 12.3 Å². The van der Waals surface area contributed by atoms with Crippen molar-refractivity contribution in [2.75, 3.05) is 0 Å². The lowest BCUT2D eigenvalue weighted by Crippen LogP contribution is -2.21. The molecule has 0 radical (unpaired) electrons. The number of aromatic nitrogens is 1. The summed E-state index contributed by atoms with van der Waals surface area (Å²) in [4.78, 5) is 3.79. The molecular weight excluding hydrogens is 261 g/mol. The van der Waals surface area contributed by atoms with Crippen LogP contribution < -0.4 is 5.73 Å². The smallest absolute Gasteiger partial charge is 0.322 e. The Labute approximate surface area is 87.4 Å². The van der Waals surface area contributed by atoms with Gasteiger partial charge in [-0.2, -0.15) is 13.2 Å². The highest BCUT2D eigenvalue weighted by molar-refractivity contribution is 9.10. The molecule has 1 aromatic rings. The Morgan fingerprint density at radius 2 is 2.07 bits per heavy atom. The van der Waals surface area contributed by atoms with Crippen LogP contribution in [0.2, 0.25) is 0 Å². The molecule has 2 N–H and O–H groups in total. The highest BCUT2D eigenvalue weighted by Crippen LogP contribution is 2.27. The van der Waals surface area contributed by atoms with Crippen molar-refractivity contribution in [3.63, 3.8) is 0 Å². The maximum Gasteiger partial charge on any atom is 0.390 e. The van der Waals surface area contributed by atoms with Crippen LogP contribution in [0.5, 0.6) is 0 Å². The van der Waals surface area contributed by atoms with E-state index < -0.39 is 18.6 Å². The van der Waals surface area contributed by atoms with E-state index in [-0.39, 0.29) is 5.69 Å². The predicted molar refractivity (Wildman–Crippen MR) is 49.5 cm³/mol. The van der Waals surface area contributed by atoms with Crippen LogP contribution in [-0.4, -0.2) is 11.2 Å². The summed E-state index contributed by atoms with van der Waals surface area (Å²) in [6, 6.07) is 1.99. The molecule has 1 heterocycles. The second kappa shape index (κ2) is 4.27. The molecule has 6 heteroatoms. The van der Waals surface area contributed by atoms with Crippen molar-refractivity contribution in [2.45, 2.75) is 18.6 Å². The largest absolute Gasteiger partial charge is 0.390 e. The molecule has 0 aromatic carbocycles. The minimum absolute atomic E-state index is 0.241. The van der Waals surface area contributed by atoms with Gasteiger partial charge in [-0.3, -0.25) is 4.98 Å². The zero-order valence-corrected chi connectivity index (χ0v) is 8.64. The molecule has 1 rings (SSSR count).